The average molecular weight is 311 g/mol. The summed E-state index contributed by atoms with van der Waals surface area (Å²) in [6.45, 7) is 3.65. The second-order valence-electron chi connectivity index (χ2n) is 4.99. The number of anilines is 2. The van der Waals surface area contributed by atoms with Gasteiger partial charge >= 0.3 is 5.97 Å². The molecule has 21 heavy (non-hydrogen) atoms. The van der Waals surface area contributed by atoms with Gasteiger partial charge in [-0.2, -0.15) is 0 Å². The van der Waals surface area contributed by atoms with Crippen LogP contribution in [0.3, 0.4) is 0 Å². The molecule has 0 bridgehead atoms. The zero-order valence-corrected chi connectivity index (χ0v) is 13.1. The van der Waals surface area contributed by atoms with Crippen LogP contribution in [0.1, 0.15) is 46.2 Å². The summed E-state index contributed by atoms with van der Waals surface area (Å²) in [7, 11) is 1.31. The van der Waals surface area contributed by atoms with E-state index in [4.69, 9.17) is 10.5 Å². The number of hydrogen-bond donors (Lipinski definition) is 3. The van der Waals surface area contributed by atoms with Gasteiger partial charge in [0, 0.05) is 12.5 Å². The molecule has 1 aliphatic heterocycles. The number of rotatable bonds is 5. The molecule has 116 valence electrons. The molecule has 2 rings (SSSR count). The zero-order valence-electron chi connectivity index (χ0n) is 12.3. The Labute approximate surface area is 128 Å². The van der Waals surface area contributed by atoms with Crippen LogP contribution in [0.5, 0.6) is 0 Å². The van der Waals surface area contributed by atoms with Crippen molar-refractivity contribution in [1.82, 2.24) is 5.32 Å². The number of methoxy groups -OCH3 is 1. The predicted molar refractivity (Wildman–Crippen MR) is 84.2 cm³/mol. The van der Waals surface area contributed by atoms with Gasteiger partial charge in [0.1, 0.15) is 10.6 Å². The first-order valence-electron chi connectivity index (χ1n) is 7.09. The highest BCUT2D eigenvalue weighted by Crippen LogP contribution is 2.37. The van der Waals surface area contributed by atoms with Crippen molar-refractivity contribution in [2.75, 3.05) is 31.2 Å². The summed E-state index contributed by atoms with van der Waals surface area (Å²) in [5, 5.41) is 7.28. The molecular formula is C14H21N3O3S. The maximum absolute atomic E-state index is 12.0. The lowest BCUT2D eigenvalue weighted by atomic mass is 10.1. The number of nitrogens with one attached hydrogen (secondary N) is 2. The molecule has 0 aromatic carbocycles. The van der Waals surface area contributed by atoms with Crippen molar-refractivity contribution in [2.24, 2.45) is 0 Å². The van der Waals surface area contributed by atoms with Crippen LogP contribution in [0.4, 0.5) is 10.7 Å². The summed E-state index contributed by atoms with van der Waals surface area (Å²) in [6.07, 6.45) is 2.29. The summed E-state index contributed by atoms with van der Waals surface area (Å²) in [5.41, 5.74) is 6.52. The summed E-state index contributed by atoms with van der Waals surface area (Å²) in [6, 6.07) is 0.275. The number of carbonyl (C=O) groups is 2. The summed E-state index contributed by atoms with van der Waals surface area (Å²) in [5.74, 6) is -0.559. The largest absolute Gasteiger partial charge is 0.465 e. The van der Waals surface area contributed by atoms with Crippen molar-refractivity contribution in [1.29, 1.82) is 0 Å². The summed E-state index contributed by atoms with van der Waals surface area (Å²) in [4.78, 5) is 24.3. The fourth-order valence-electron chi connectivity index (χ4n) is 2.37. The van der Waals surface area contributed by atoms with E-state index in [-0.39, 0.29) is 23.1 Å². The molecule has 1 aromatic rings. The van der Waals surface area contributed by atoms with Crippen LogP contribution in [0.25, 0.3) is 0 Å². The molecule has 1 saturated heterocycles. The third kappa shape index (κ3) is 3.36. The van der Waals surface area contributed by atoms with E-state index in [0.717, 1.165) is 25.9 Å². The number of ketones is 1. The van der Waals surface area contributed by atoms with Gasteiger partial charge in [-0.25, -0.2) is 4.79 Å². The molecule has 0 spiro atoms. The van der Waals surface area contributed by atoms with E-state index in [1.165, 1.54) is 18.4 Å². The Morgan fingerprint density at radius 1 is 1.43 bits per heavy atom. The van der Waals surface area contributed by atoms with Crippen LogP contribution in [-0.4, -0.2) is 38.0 Å². The Morgan fingerprint density at radius 2 is 2.10 bits per heavy atom. The minimum absolute atomic E-state index is 0.0546. The van der Waals surface area contributed by atoms with E-state index in [1.807, 2.05) is 0 Å². The number of ether oxygens (including phenoxy) is 1. The number of thiophene rings is 1. The molecule has 0 unspecified atom stereocenters. The SMILES string of the molecule is CCC(=O)c1sc(NC2CCNCC2)c(C(=O)OC)c1N. The molecule has 4 N–H and O–H groups in total. The second-order valence-corrected chi connectivity index (χ2v) is 6.01. The number of nitrogen functional groups attached to an aromatic ring is 1. The fourth-order valence-corrected chi connectivity index (χ4v) is 3.56. The molecule has 6 nitrogen and oxygen atoms in total. The number of hydrogen-bond acceptors (Lipinski definition) is 7. The maximum Gasteiger partial charge on any atom is 0.343 e. The van der Waals surface area contributed by atoms with Crippen LogP contribution in [0.15, 0.2) is 0 Å². The molecule has 1 aromatic heterocycles. The van der Waals surface area contributed by atoms with Crippen molar-refractivity contribution in [2.45, 2.75) is 32.2 Å². The van der Waals surface area contributed by atoms with E-state index < -0.39 is 5.97 Å². The quantitative estimate of drug-likeness (QED) is 0.568. The Hall–Kier alpha value is -1.60. The predicted octanol–water partition coefficient (Wildman–Crippen LogP) is 1.87. The number of esters is 1. The van der Waals surface area contributed by atoms with Gasteiger partial charge in [-0.1, -0.05) is 6.92 Å². The highest BCUT2D eigenvalue weighted by molar-refractivity contribution is 7.19. The minimum atomic E-state index is -0.504. The third-order valence-electron chi connectivity index (χ3n) is 3.58. The molecule has 0 aliphatic carbocycles. The van der Waals surface area contributed by atoms with E-state index >= 15 is 0 Å². The second kappa shape index (κ2) is 6.91. The monoisotopic (exact) mass is 311 g/mol. The number of Topliss-reactive ketones (excluding diaryl/α,β-unsaturated/α-hetero) is 1. The van der Waals surface area contributed by atoms with Crippen LogP contribution in [0, 0.1) is 0 Å². The Kier molecular flexibility index (Phi) is 5.19. The number of nitrogens with two attached hydrogens (primary N) is 1. The van der Waals surface area contributed by atoms with Crippen LogP contribution < -0.4 is 16.4 Å². The first-order valence-corrected chi connectivity index (χ1v) is 7.91. The van der Waals surface area contributed by atoms with E-state index in [2.05, 4.69) is 10.6 Å². The van der Waals surface area contributed by atoms with Gasteiger partial charge in [-0.15, -0.1) is 11.3 Å². The normalized spacial score (nSPS) is 15.7. The average Bonchev–Trinajstić information content (AvgIpc) is 2.83. The topological polar surface area (TPSA) is 93.5 Å². The van der Waals surface area contributed by atoms with Gasteiger partial charge in [0.2, 0.25) is 0 Å². The van der Waals surface area contributed by atoms with Gasteiger partial charge in [-0.3, -0.25) is 4.79 Å². The molecule has 1 aliphatic rings. The lowest BCUT2D eigenvalue weighted by Gasteiger charge is -2.24. The zero-order chi connectivity index (χ0) is 15.4. The first-order chi connectivity index (χ1) is 10.1. The van der Waals surface area contributed by atoms with E-state index in [0.29, 0.717) is 16.3 Å². The number of piperidine rings is 1. The van der Waals surface area contributed by atoms with Crippen molar-refractivity contribution >= 4 is 33.8 Å². The van der Waals surface area contributed by atoms with Crippen molar-refractivity contribution in [3.05, 3.63) is 10.4 Å². The first kappa shape index (κ1) is 15.8. The van der Waals surface area contributed by atoms with Crippen molar-refractivity contribution in [3.8, 4) is 0 Å². The highest BCUT2D eigenvalue weighted by Gasteiger charge is 2.27. The molecule has 0 radical (unpaired) electrons. The fraction of sp³-hybridized carbons (Fsp3) is 0.571. The molecule has 2 heterocycles. The van der Waals surface area contributed by atoms with Crippen molar-refractivity contribution in [3.63, 3.8) is 0 Å². The van der Waals surface area contributed by atoms with Gasteiger partial charge in [-0.05, 0) is 25.9 Å². The highest BCUT2D eigenvalue weighted by atomic mass is 32.1. The minimum Gasteiger partial charge on any atom is -0.465 e. The molecule has 0 saturated carbocycles. The maximum atomic E-state index is 12.0. The van der Waals surface area contributed by atoms with Gasteiger partial charge in [0.15, 0.2) is 5.78 Å². The molecular weight excluding hydrogens is 290 g/mol. The van der Waals surface area contributed by atoms with Gasteiger partial charge < -0.3 is 21.1 Å². The third-order valence-corrected chi connectivity index (χ3v) is 4.76. The van der Waals surface area contributed by atoms with Crippen LogP contribution in [0.2, 0.25) is 0 Å². The summed E-state index contributed by atoms with van der Waals surface area (Å²) >= 11 is 1.25. The van der Waals surface area contributed by atoms with Gasteiger partial charge in [0.05, 0.1) is 17.7 Å². The van der Waals surface area contributed by atoms with Gasteiger partial charge in [0.25, 0.3) is 0 Å². The lowest BCUT2D eigenvalue weighted by molar-refractivity contribution is 0.0603. The smallest absolute Gasteiger partial charge is 0.343 e. The lowest BCUT2D eigenvalue weighted by Crippen LogP contribution is -2.35. The molecule has 0 amide bonds. The molecule has 1 fully saturated rings. The Morgan fingerprint density at radius 3 is 2.67 bits per heavy atom. The molecule has 7 heteroatoms. The Balaban J connectivity index is 2.33. The van der Waals surface area contributed by atoms with Crippen LogP contribution >= 0.6 is 11.3 Å². The standard InChI is InChI=1S/C14H21N3O3S/c1-3-9(18)12-11(15)10(14(19)20-2)13(21-12)17-8-4-6-16-7-5-8/h8,16-17H,3-7,15H2,1-2H3. The van der Waals surface area contributed by atoms with E-state index in [1.54, 1.807) is 6.92 Å². The van der Waals surface area contributed by atoms with Crippen LogP contribution in [-0.2, 0) is 4.74 Å². The summed E-state index contributed by atoms with van der Waals surface area (Å²) < 4.78 is 4.80. The molecule has 0 atom stereocenters. The Bertz CT molecular complexity index is 536. The van der Waals surface area contributed by atoms with E-state index in [9.17, 15) is 9.59 Å². The van der Waals surface area contributed by atoms with Crippen molar-refractivity contribution < 1.29 is 14.3 Å². The number of carbonyl (C=O) groups excluding carboxylic acids is 2.